The lowest BCUT2D eigenvalue weighted by Crippen LogP contribution is -2.23. The lowest BCUT2D eigenvalue weighted by molar-refractivity contribution is -0.117. The number of carbonyl (C=O) groups excluding carboxylic acids is 2. The molecular formula is C22H22N4O3S2. The van der Waals surface area contributed by atoms with Gasteiger partial charge in [-0.1, -0.05) is 47.4 Å². The second-order valence-corrected chi connectivity index (χ2v) is 9.04. The predicted octanol–water partition coefficient (Wildman–Crippen LogP) is 4.78. The molecule has 0 atom stereocenters. The number of ether oxygens (including phenoxy) is 1. The zero-order chi connectivity index (χ0) is 21.6. The van der Waals surface area contributed by atoms with Gasteiger partial charge in [0, 0.05) is 24.2 Å². The SMILES string of the molecule is CCOc1ccccc1Nc1nnc(SCC(=O)c2cccc(N3CCCC3=O)c2)s1. The summed E-state index contributed by atoms with van der Waals surface area (Å²) >= 11 is 2.74. The van der Waals surface area contributed by atoms with Gasteiger partial charge >= 0.3 is 0 Å². The van der Waals surface area contributed by atoms with E-state index in [2.05, 4.69) is 15.5 Å². The van der Waals surface area contributed by atoms with E-state index < -0.39 is 0 Å². The zero-order valence-electron chi connectivity index (χ0n) is 17.0. The summed E-state index contributed by atoms with van der Waals surface area (Å²) < 4.78 is 6.32. The number of nitrogens with one attached hydrogen (secondary N) is 1. The number of para-hydroxylation sites is 2. The Morgan fingerprint density at radius 1 is 1.23 bits per heavy atom. The molecule has 4 rings (SSSR count). The van der Waals surface area contributed by atoms with Gasteiger partial charge in [-0.25, -0.2) is 0 Å². The van der Waals surface area contributed by atoms with Crippen LogP contribution < -0.4 is 15.0 Å². The Morgan fingerprint density at radius 2 is 2.10 bits per heavy atom. The van der Waals surface area contributed by atoms with Gasteiger partial charge in [0.05, 0.1) is 18.0 Å². The number of thioether (sulfide) groups is 1. The van der Waals surface area contributed by atoms with E-state index in [1.54, 1.807) is 17.0 Å². The first-order valence-corrected chi connectivity index (χ1v) is 11.8. The molecule has 1 N–H and O–H groups in total. The summed E-state index contributed by atoms with van der Waals surface area (Å²) in [6.45, 7) is 3.22. The van der Waals surface area contributed by atoms with Crippen LogP contribution in [-0.4, -0.2) is 40.8 Å². The van der Waals surface area contributed by atoms with Crippen molar-refractivity contribution in [2.24, 2.45) is 0 Å². The summed E-state index contributed by atoms with van der Waals surface area (Å²) in [6, 6.07) is 14.9. The van der Waals surface area contributed by atoms with Crippen LogP contribution in [0.25, 0.3) is 0 Å². The summed E-state index contributed by atoms with van der Waals surface area (Å²) in [5.41, 5.74) is 2.20. The molecule has 1 aliphatic rings. The Kier molecular flexibility index (Phi) is 6.83. The number of Topliss-reactive ketones (excluding diaryl/α,β-unsaturated/α-hetero) is 1. The molecule has 0 bridgehead atoms. The van der Waals surface area contributed by atoms with Gasteiger partial charge in [0.25, 0.3) is 0 Å². The number of carbonyl (C=O) groups is 2. The van der Waals surface area contributed by atoms with Crippen molar-refractivity contribution in [1.29, 1.82) is 0 Å². The van der Waals surface area contributed by atoms with E-state index in [1.807, 2.05) is 43.3 Å². The van der Waals surface area contributed by atoms with Crippen LogP contribution in [0.2, 0.25) is 0 Å². The minimum Gasteiger partial charge on any atom is -0.492 e. The van der Waals surface area contributed by atoms with E-state index in [4.69, 9.17) is 4.74 Å². The third-order valence-corrected chi connectivity index (χ3v) is 6.69. The van der Waals surface area contributed by atoms with Gasteiger partial charge in [-0.2, -0.15) is 0 Å². The fourth-order valence-electron chi connectivity index (χ4n) is 3.26. The van der Waals surface area contributed by atoms with Crippen LogP contribution in [0, 0.1) is 0 Å². The summed E-state index contributed by atoms with van der Waals surface area (Å²) in [7, 11) is 0. The molecule has 0 radical (unpaired) electrons. The van der Waals surface area contributed by atoms with Crippen LogP contribution >= 0.6 is 23.1 Å². The molecule has 1 aromatic heterocycles. The molecule has 160 valence electrons. The highest BCUT2D eigenvalue weighted by Gasteiger charge is 2.22. The summed E-state index contributed by atoms with van der Waals surface area (Å²) in [4.78, 5) is 26.4. The molecule has 1 fully saturated rings. The molecule has 1 saturated heterocycles. The molecule has 2 aromatic carbocycles. The van der Waals surface area contributed by atoms with Gasteiger partial charge < -0.3 is 15.0 Å². The molecule has 1 aliphatic heterocycles. The summed E-state index contributed by atoms with van der Waals surface area (Å²) in [5.74, 6) is 1.10. The molecule has 0 spiro atoms. The lowest BCUT2D eigenvalue weighted by Gasteiger charge is -2.16. The first kappa shape index (κ1) is 21.3. The third-order valence-electron chi connectivity index (χ3n) is 4.71. The second-order valence-electron chi connectivity index (χ2n) is 6.84. The summed E-state index contributed by atoms with van der Waals surface area (Å²) in [6.07, 6.45) is 1.42. The van der Waals surface area contributed by atoms with Gasteiger partial charge in [-0.3, -0.25) is 9.59 Å². The molecule has 31 heavy (non-hydrogen) atoms. The Morgan fingerprint density at radius 3 is 2.90 bits per heavy atom. The number of hydrogen-bond donors (Lipinski definition) is 1. The van der Waals surface area contributed by atoms with E-state index in [-0.39, 0.29) is 17.4 Å². The van der Waals surface area contributed by atoms with Gasteiger partial charge in [-0.15, -0.1) is 10.2 Å². The Balaban J connectivity index is 1.37. The molecule has 0 unspecified atom stereocenters. The topological polar surface area (TPSA) is 84.4 Å². The average molecular weight is 455 g/mol. The van der Waals surface area contributed by atoms with Crippen LogP contribution in [0.15, 0.2) is 52.9 Å². The molecule has 0 aliphatic carbocycles. The number of anilines is 3. The number of benzene rings is 2. The summed E-state index contributed by atoms with van der Waals surface area (Å²) in [5, 5.41) is 12.2. The highest BCUT2D eigenvalue weighted by atomic mass is 32.2. The van der Waals surface area contributed by atoms with Crippen molar-refractivity contribution in [2.75, 3.05) is 29.1 Å². The van der Waals surface area contributed by atoms with Crippen molar-refractivity contribution in [3.63, 3.8) is 0 Å². The largest absolute Gasteiger partial charge is 0.492 e. The quantitative estimate of drug-likeness (QED) is 0.368. The lowest BCUT2D eigenvalue weighted by atomic mass is 10.1. The maximum atomic E-state index is 12.7. The maximum absolute atomic E-state index is 12.7. The van der Waals surface area contributed by atoms with Gasteiger partial charge in [0.2, 0.25) is 11.0 Å². The number of rotatable bonds is 9. The minimum absolute atomic E-state index is 0.00936. The monoisotopic (exact) mass is 454 g/mol. The predicted molar refractivity (Wildman–Crippen MR) is 124 cm³/mol. The molecular weight excluding hydrogens is 432 g/mol. The number of hydrogen-bond acceptors (Lipinski definition) is 8. The standard InChI is InChI=1S/C22H22N4O3S2/c1-2-29-19-10-4-3-9-17(19)23-21-24-25-22(31-21)30-14-18(27)15-7-5-8-16(13-15)26-12-6-11-20(26)28/h3-5,7-10,13H,2,6,11-12,14H2,1H3,(H,23,24). The van der Waals surface area contributed by atoms with Crippen molar-refractivity contribution in [3.05, 3.63) is 54.1 Å². The molecule has 7 nitrogen and oxygen atoms in total. The highest BCUT2D eigenvalue weighted by Crippen LogP contribution is 2.32. The van der Waals surface area contributed by atoms with Crippen molar-refractivity contribution in [3.8, 4) is 5.75 Å². The van der Waals surface area contributed by atoms with Gasteiger partial charge in [0.1, 0.15) is 5.75 Å². The van der Waals surface area contributed by atoms with Crippen LogP contribution in [0.3, 0.4) is 0 Å². The van der Waals surface area contributed by atoms with Crippen LogP contribution in [0.4, 0.5) is 16.5 Å². The van der Waals surface area contributed by atoms with E-state index in [1.165, 1.54) is 23.1 Å². The zero-order valence-corrected chi connectivity index (χ0v) is 18.7. The molecule has 2 heterocycles. The van der Waals surface area contributed by atoms with E-state index >= 15 is 0 Å². The van der Waals surface area contributed by atoms with Crippen molar-refractivity contribution >= 4 is 51.3 Å². The van der Waals surface area contributed by atoms with Crippen LogP contribution in [0.1, 0.15) is 30.1 Å². The smallest absolute Gasteiger partial charge is 0.227 e. The first-order chi connectivity index (χ1) is 15.1. The molecule has 3 aromatic rings. The fraction of sp³-hybridized carbons (Fsp3) is 0.273. The number of nitrogens with zero attached hydrogens (tertiary/aromatic N) is 3. The Hall–Kier alpha value is -2.91. The van der Waals surface area contributed by atoms with Crippen molar-refractivity contribution in [1.82, 2.24) is 10.2 Å². The number of ketones is 1. The van der Waals surface area contributed by atoms with Crippen LogP contribution in [-0.2, 0) is 4.79 Å². The minimum atomic E-state index is -0.00936. The van der Waals surface area contributed by atoms with E-state index in [9.17, 15) is 9.59 Å². The number of aromatic nitrogens is 2. The van der Waals surface area contributed by atoms with Crippen LogP contribution in [0.5, 0.6) is 5.75 Å². The first-order valence-electron chi connectivity index (χ1n) is 10.0. The highest BCUT2D eigenvalue weighted by molar-refractivity contribution is 8.01. The van der Waals surface area contributed by atoms with Gasteiger partial charge in [0.15, 0.2) is 10.1 Å². The average Bonchev–Trinajstić information content (AvgIpc) is 3.42. The number of amides is 1. The maximum Gasteiger partial charge on any atom is 0.227 e. The second kappa shape index (κ2) is 9.93. The fourth-order valence-corrected chi connectivity index (χ4v) is 4.92. The Bertz CT molecular complexity index is 1090. The normalized spacial score (nSPS) is 13.5. The third kappa shape index (κ3) is 5.23. The van der Waals surface area contributed by atoms with Crippen molar-refractivity contribution < 1.29 is 14.3 Å². The van der Waals surface area contributed by atoms with E-state index in [0.717, 1.165) is 23.5 Å². The van der Waals surface area contributed by atoms with Crippen molar-refractivity contribution in [2.45, 2.75) is 24.1 Å². The molecule has 9 heteroatoms. The van der Waals surface area contributed by atoms with Gasteiger partial charge in [-0.05, 0) is 37.6 Å². The van der Waals surface area contributed by atoms with E-state index in [0.29, 0.717) is 34.6 Å². The molecule has 1 amide bonds. The Labute approximate surface area is 188 Å². The molecule has 0 saturated carbocycles.